The normalized spacial score (nSPS) is 10.4. The van der Waals surface area contributed by atoms with Gasteiger partial charge >= 0.3 is 0 Å². The molecular weight excluding hydrogens is 550 g/mol. The van der Waals surface area contributed by atoms with E-state index < -0.39 is 11.7 Å². The first kappa shape index (κ1) is 24.7. The number of rotatable bonds is 8. The van der Waals surface area contributed by atoms with E-state index in [2.05, 4.69) is 39.2 Å². The van der Waals surface area contributed by atoms with Crippen LogP contribution in [0.3, 0.4) is 0 Å². The highest BCUT2D eigenvalue weighted by Gasteiger charge is 2.14. The average Bonchev–Trinajstić information content (AvgIpc) is 2.83. The lowest BCUT2D eigenvalue weighted by molar-refractivity contribution is 0.0951. The number of nitrogens with one attached hydrogen (secondary N) is 1. The van der Waals surface area contributed by atoms with Gasteiger partial charge in [0.25, 0.3) is 5.91 Å². The van der Waals surface area contributed by atoms with Gasteiger partial charge in [0.05, 0.1) is 45.2 Å². The number of nitriles is 2. The van der Waals surface area contributed by atoms with Crippen molar-refractivity contribution < 1.29 is 18.7 Å². The van der Waals surface area contributed by atoms with Crippen LogP contribution in [0.4, 0.5) is 4.39 Å². The molecule has 0 radical (unpaired) electrons. The van der Waals surface area contributed by atoms with Crippen LogP contribution in [0.2, 0.25) is 0 Å². The minimum Gasteiger partial charge on any atom is -0.490 e. The van der Waals surface area contributed by atoms with E-state index in [-0.39, 0.29) is 17.7 Å². The van der Waals surface area contributed by atoms with Gasteiger partial charge in [-0.3, -0.25) is 4.79 Å². The summed E-state index contributed by atoms with van der Waals surface area (Å²) in [5.74, 6) is -0.542. The second-order valence-corrected chi connectivity index (χ2v) is 7.99. The molecule has 3 aromatic rings. The Bertz CT molecular complexity index is 1330. The molecule has 1 amide bonds. The predicted octanol–water partition coefficient (Wildman–Crippen LogP) is 4.92. The molecule has 9 heteroatoms. The fourth-order valence-electron chi connectivity index (χ4n) is 2.97. The van der Waals surface area contributed by atoms with E-state index in [1.807, 2.05) is 25.1 Å². The minimum absolute atomic E-state index is 0.119. The van der Waals surface area contributed by atoms with Crippen LogP contribution in [0.15, 0.2) is 59.7 Å². The molecule has 0 saturated carbocycles. The van der Waals surface area contributed by atoms with Crippen LogP contribution >= 0.6 is 22.6 Å². The molecule has 0 heterocycles. The fraction of sp³-hybridized carbons (Fsp3) is 0.120. The molecule has 0 aromatic heterocycles. The molecule has 0 saturated heterocycles. The van der Waals surface area contributed by atoms with Crippen LogP contribution in [0.1, 0.15) is 39.5 Å². The van der Waals surface area contributed by atoms with E-state index in [0.29, 0.717) is 29.2 Å². The van der Waals surface area contributed by atoms with Gasteiger partial charge in [0.15, 0.2) is 11.5 Å². The van der Waals surface area contributed by atoms with Gasteiger partial charge in [0.1, 0.15) is 12.4 Å². The second kappa shape index (κ2) is 11.8. The van der Waals surface area contributed by atoms with E-state index in [4.69, 9.17) is 14.7 Å². The van der Waals surface area contributed by atoms with Gasteiger partial charge in [-0.1, -0.05) is 18.2 Å². The Morgan fingerprint density at radius 2 is 1.94 bits per heavy atom. The molecule has 3 rings (SSSR count). The van der Waals surface area contributed by atoms with E-state index in [1.165, 1.54) is 18.3 Å². The molecule has 0 spiro atoms. The molecule has 0 aliphatic carbocycles. The number of nitrogens with zero attached hydrogens (tertiary/aromatic N) is 3. The van der Waals surface area contributed by atoms with Gasteiger partial charge in [0.2, 0.25) is 0 Å². The van der Waals surface area contributed by atoms with Crippen molar-refractivity contribution in [2.45, 2.75) is 13.5 Å². The number of carbonyl (C=O) groups excluding carboxylic acids is 1. The van der Waals surface area contributed by atoms with Crippen LogP contribution in [-0.2, 0) is 6.61 Å². The molecule has 0 aliphatic heterocycles. The van der Waals surface area contributed by atoms with Crippen LogP contribution in [-0.4, -0.2) is 18.7 Å². The number of amides is 1. The lowest BCUT2D eigenvalue weighted by atomic mass is 10.1. The number of ether oxygens (including phenoxy) is 2. The first-order chi connectivity index (χ1) is 16.5. The Balaban J connectivity index is 1.75. The summed E-state index contributed by atoms with van der Waals surface area (Å²) in [6.45, 7) is 2.44. The summed E-state index contributed by atoms with van der Waals surface area (Å²) in [6.07, 6.45) is 1.40. The molecule has 0 aliphatic rings. The van der Waals surface area contributed by atoms with E-state index in [1.54, 1.807) is 24.3 Å². The molecule has 0 unspecified atom stereocenters. The standard InChI is InChI=1S/C25H18FIN4O3/c1-2-33-23-11-17(14-30-31-25(32)20-8-7-16(12-28)9-21(20)26)10-22(27)24(23)34-15-19-6-4-3-5-18(19)13-29/h3-11,14H,2,15H2,1H3,(H,31,32)/b30-14-. The minimum atomic E-state index is -0.806. The molecule has 170 valence electrons. The molecule has 0 fully saturated rings. The second-order valence-electron chi connectivity index (χ2n) is 6.83. The third-order valence-corrected chi connectivity index (χ3v) is 5.37. The Kier molecular flexibility index (Phi) is 8.54. The lowest BCUT2D eigenvalue weighted by Gasteiger charge is -2.15. The third-order valence-electron chi connectivity index (χ3n) is 4.56. The van der Waals surface area contributed by atoms with Crippen LogP contribution in [0.5, 0.6) is 11.5 Å². The van der Waals surface area contributed by atoms with Crippen molar-refractivity contribution >= 4 is 34.7 Å². The van der Waals surface area contributed by atoms with Crippen molar-refractivity contribution in [3.8, 4) is 23.6 Å². The molecule has 7 nitrogen and oxygen atoms in total. The smallest absolute Gasteiger partial charge is 0.274 e. The Hall–Kier alpha value is -3.96. The lowest BCUT2D eigenvalue weighted by Crippen LogP contribution is -2.19. The summed E-state index contributed by atoms with van der Waals surface area (Å²) in [5, 5.41) is 22.0. The van der Waals surface area contributed by atoms with Gasteiger partial charge in [-0.15, -0.1) is 0 Å². The summed E-state index contributed by atoms with van der Waals surface area (Å²) >= 11 is 2.10. The summed E-state index contributed by atoms with van der Waals surface area (Å²) < 4.78 is 26.4. The summed E-state index contributed by atoms with van der Waals surface area (Å²) in [7, 11) is 0. The van der Waals surface area contributed by atoms with Crippen molar-refractivity contribution in [3.63, 3.8) is 0 Å². The maximum absolute atomic E-state index is 14.0. The number of carbonyl (C=O) groups is 1. The third kappa shape index (κ3) is 6.09. The predicted molar refractivity (Wildman–Crippen MR) is 132 cm³/mol. The van der Waals surface area contributed by atoms with Crippen LogP contribution in [0.25, 0.3) is 0 Å². The zero-order valence-electron chi connectivity index (χ0n) is 18.0. The molecule has 0 bridgehead atoms. The summed E-state index contributed by atoms with van der Waals surface area (Å²) in [4.78, 5) is 12.2. The van der Waals surface area contributed by atoms with Gasteiger partial charge in [-0.05, 0) is 71.5 Å². The van der Waals surface area contributed by atoms with Crippen molar-refractivity contribution in [3.05, 3.63) is 91.8 Å². The zero-order chi connectivity index (χ0) is 24.5. The van der Waals surface area contributed by atoms with Gasteiger partial charge in [0, 0.05) is 5.56 Å². The van der Waals surface area contributed by atoms with Gasteiger partial charge < -0.3 is 9.47 Å². The number of hydrogen-bond donors (Lipinski definition) is 1. The maximum atomic E-state index is 14.0. The highest BCUT2D eigenvalue weighted by atomic mass is 127. The van der Waals surface area contributed by atoms with E-state index in [0.717, 1.165) is 15.2 Å². The van der Waals surface area contributed by atoms with Crippen LogP contribution in [0, 0.1) is 32.0 Å². The monoisotopic (exact) mass is 568 g/mol. The highest BCUT2D eigenvalue weighted by Crippen LogP contribution is 2.34. The molecule has 0 atom stereocenters. The Labute approximate surface area is 209 Å². The molecule has 34 heavy (non-hydrogen) atoms. The van der Waals surface area contributed by atoms with Crippen molar-refractivity contribution in [2.75, 3.05) is 6.61 Å². The maximum Gasteiger partial charge on any atom is 0.274 e. The molecule has 1 N–H and O–H groups in total. The fourth-order valence-corrected chi connectivity index (χ4v) is 3.75. The van der Waals surface area contributed by atoms with Gasteiger partial charge in [-0.2, -0.15) is 15.6 Å². The zero-order valence-corrected chi connectivity index (χ0v) is 20.2. The van der Waals surface area contributed by atoms with E-state index >= 15 is 0 Å². The Morgan fingerprint density at radius 3 is 2.65 bits per heavy atom. The van der Waals surface area contributed by atoms with Crippen molar-refractivity contribution in [1.29, 1.82) is 10.5 Å². The van der Waals surface area contributed by atoms with E-state index in [9.17, 15) is 14.4 Å². The number of hydrazone groups is 1. The summed E-state index contributed by atoms with van der Waals surface area (Å²) in [6, 6.07) is 18.2. The number of benzene rings is 3. The largest absolute Gasteiger partial charge is 0.490 e. The Morgan fingerprint density at radius 1 is 1.15 bits per heavy atom. The van der Waals surface area contributed by atoms with Crippen LogP contribution < -0.4 is 14.9 Å². The molecular formula is C25H18FIN4O3. The van der Waals surface area contributed by atoms with Gasteiger partial charge in [-0.25, -0.2) is 9.82 Å². The molecule has 3 aromatic carbocycles. The summed E-state index contributed by atoms with van der Waals surface area (Å²) in [5.41, 5.74) is 4.09. The average molecular weight is 568 g/mol. The number of halogens is 2. The first-order valence-electron chi connectivity index (χ1n) is 10.1. The quantitative estimate of drug-likeness (QED) is 0.236. The highest BCUT2D eigenvalue weighted by molar-refractivity contribution is 14.1. The number of hydrogen-bond acceptors (Lipinski definition) is 6. The SMILES string of the molecule is CCOc1cc(/C=N\NC(=O)c2ccc(C#N)cc2F)cc(I)c1OCc1ccccc1C#N. The topological polar surface area (TPSA) is 108 Å². The first-order valence-corrected chi connectivity index (χ1v) is 11.1. The van der Waals surface area contributed by atoms with Crippen molar-refractivity contribution in [1.82, 2.24) is 5.43 Å². The van der Waals surface area contributed by atoms with Crippen molar-refractivity contribution in [2.24, 2.45) is 5.10 Å².